The third-order valence-corrected chi connectivity index (χ3v) is 5.89. The number of amides is 1. The van der Waals surface area contributed by atoms with Crippen molar-refractivity contribution in [2.75, 3.05) is 27.3 Å². The third-order valence-electron chi connectivity index (χ3n) is 4.38. The average Bonchev–Trinajstić information content (AvgIpc) is 3.13. The number of ether oxygens (including phenoxy) is 2. The Balaban J connectivity index is 2.29. The van der Waals surface area contributed by atoms with Crippen molar-refractivity contribution in [2.24, 2.45) is 5.92 Å². The van der Waals surface area contributed by atoms with Gasteiger partial charge >= 0.3 is 0 Å². The first-order valence-corrected chi connectivity index (χ1v) is 10.3. The molecule has 1 atom stereocenters. The average molecular weight is 384 g/mol. The van der Waals surface area contributed by atoms with E-state index in [9.17, 15) is 13.2 Å². The molecule has 7 nitrogen and oxygen atoms in total. The number of nitrogens with one attached hydrogen (secondary N) is 1. The zero-order valence-corrected chi connectivity index (χ0v) is 16.6. The minimum Gasteiger partial charge on any atom is -0.497 e. The Hall–Kier alpha value is -1.80. The number of benzene rings is 1. The summed E-state index contributed by atoms with van der Waals surface area (Å²) in [5.74, 6) is 0.681. The summed E-state index contributed by atoms with van der Waals surface area (Å²) in [6.45, 7) is 5.29. The molecule has 1 aliphatic heterocycles. The second-order valence-electron chi connectivity index (χ2n) is 6.85. The van der Waals surface area contributed by atoms with E-state index in [2.05, 4.69) is 4.72 Å². The lowest BCUT2D eigenvalue weighted by Crippen LogP contribution is -2.48. The number of carbonyl (C=O) groups is 1. The van der Waals surface area contributed by atoms with E-state index in [0.29, 0.717) is 25.3 Å². The Morgan fingerprint density at radius 2 is 1.85 bits per heavy atom. The summed E-state index contributed by atoms with van der Waals surface area (Å²) >= 11 is 0. The maximum atomic E-state index is 12.9. The van der Waals surface area contributed by atoms with Crippen molar-refractivity contribution in [3.63, 3.8) is 0 Å². The molecule has 0 saturated carbocycles. The molecular formula is C18H28N2O5S. The van der Waals surface area contributed by atoms with Crippen LogP contribution in [0.25, 0.3) is 0 Å². The van der Waals surface area contributed by atoms with Gasteiger partial charge in [0.1, 0.15) is 22.4 Å². The van der Waals surface area contributed by atoms with Gasteiger partial charge in [-0.05, 0) is 37.3 Å². The Kier molecular flexibility index (Phi) is 6.88. The number of carbonyl (C=O) groups excluding carboxylic acids is 1. The van der Waals surface area contributed by atoms with E-state index >= 15 is 0 Å². The van der Waals surface area contributed by atoms with Crippen molar-refractivity contribution in [1.29, 1.82) is 0 Å². The summed E-state index contributed by atoms with van der Waals surface area (Å²) in [7, 11) is -1.03. The first-order chi connectivity index (χ1) is 12.3. The second-order valence-corrected chi connectivity index (χ2v) is 8.54. The third kappa shape index (κ3) is 4.88. The second kappa shape index (κ2) is 8.73. The topological polar surface area (TPSA) is 84.9 Å². The Bertz CT molecular complexity index is 727. The molecule has 0 unspecified atom stereocenters. The Labute approximate surface area is 155 Å². The highest BCUT2D eigenvalue weighted by Crippen LogP contribution is 2.29. The molecule has 1 N–H and O–H groups in total. The number of hydrogen-bond donors (Lipinski definition) is 1. The van der Waals surface area contributed by atoms with E-state index in [-0.39, 0.29) is 22.5 Å². The normalized spacial score (nSPS) is 16.0. The predicted molar refractivity (Wildman–Crippen MR) is 98.9 cm³/mol. The van der Waals surface area contributed by atoms with E-state index in [4.69, 9.17) is 9.47 Å². The molecule has 0 radical (unpaired) electrons. The van der Waals surface area contributed by atoms with Crippen LogP contribution in [-0.2, 0) is 14.8 Å². The maximum Gasteiger partial charge on any atom is 0.244 e. The lowest BCUT2D eigenvalue weighted by molar-refractivity contribution is -0.132. The van der Waals surface area contributed by atoms with Crippen molar-refractivity contribution >= 4 is 15.9 Å². The molecule has 0 bridgehead atoms. The van der Waals surface area contributed by atoms with Gasteiger partial charge in [-0.15, -0.1) is 0 Å². The summed E-state index contributed by atoms with van der Waals surface area (Å²) in [4.78, 5) is 14.5. The summed E-state index contributed by atoms with van der Waals surface area (Å²) in [5, 5.41) is 0. The van der Waals surface area contributed by atoms with Gasteiger partial charge in [-0.2, -0.15) is 4.72 Å². The van der Waals surface area contributed by atoms with Gasteiger partial charge in [0.15, 0.2) is 0 Å². The van der Waals surface area contributed by atoms with Crippen molar-refractivity contribution in [3.05, 3.63) is 18.2 Å². The van der Waals surface area contributed by atoms with Crippen molar-refractivity contribution in [3.8, 4) is 11.5 Å². The lowest BCUT2D eigenvalue weighted by atomic mass is 10.0. The van der Waals surface area contributed by atoms with Gasteiger partial charge in [-0.1, -0.05) is 13.8 Å². The van der Waals surface area contributed by atoms with Gasteiger partial charge < -0.3 is 14.4 Å². The molecule has 26 heavy (non-hydrogen) atoms. The molecule has 1 aromatic carbocycles. The van der Waals surface area contributed by atoms with Crippen LogP contribution in [0.1, 0.15) is 33.1 Å². The molecule has 1 saturated heterocycles. The molecular weight excluding hydrogens is 356 g/mol. The highest BCUT2D eigenvalue weighted by molar-refractivity contribution is 7.89. The van der Waals surface area contributed by atoms with E-state index in [0.717, 1.165) is 12.8 Å². The fourth-order valence-electron chi connectivity index (χ4n) is 3.08. The minimum atomic E-state index is -3.93. The summed E-state index contributed by atoms with van der Waals surface area (Å²) in [6, 6.07) is 3.70. The minimum absolute atomic E-state index is 0.0104. The maximum absolute atomic E-state index is 12.9. The lowest BCUT2D eigenvalue weighted by Gasteiger charge is -2.25. The molecule has 0 aliphatic carbocycles. The van der Waals surface area contributed by atoms with Crippen LogP contribution in [0.15, 0.2) is 23.1 Å². The van der Waals surface area contributed by atoms with Crippen molar-refractivity contribution < 1.29 is 22.7 Å². The number of sulfonamides is 1. The van der Waals surface area contributed by atoms with Crippen LogP contribution >= 0.6 is 0 Å². The molecule has 146 valence electrons. The fourth-order valence-corrected chi connectivity index (χ4v) is 4.43. The van der Waals surface area contributed by atoms with Crippen molar-refractivity contribution in [2.45, 2.75) is 44.0 Å². The number of methoxy groups -OCH3 is 2. The number of rotatable bonds is 8. The van der Waals surface area contributed by atoms with E-state index in [1.807, 2.05) is 13.8 Å². The van der Waals surface area contributed by atoms with Crippen LogP contribution in [-0.4, -0.2) is 52.6 Å². The largest absolute Gasteiger partial charge is 0.497 e. The highest BCUT2D eigenvalue weighted by Gasteiger charge is 2.32. The van der Waals surface area contributed by atoms with Gasteiger partial charge in [0.2, 0.25) is 15.9 Å². The highest BCUT2D eigenvalue weighted by atomic mass is 32.2. The molecule has 1 heterocycles. The molecule has 0 aromatic heterocycles. The smallest absolute Gasteiger partial charge is 0.244 e. The van der Waals surface area contributed by atoms with Gasteiger partial charge in [0, 0.05) is 19.2 Å². The monoisotopic (exact) mass is 384 g/mol. The molecule has 2 rings (SSSR count). The van der Waals surface area contributed by atoms with E-state index in [1.165, 1.54) is 26.4 Å². The van der Waals surface area contributed by atoms with Crippen molar-refractivity contribution in [1.82, 2.24) is 9.62 Å². The van der Waals surface area contributed by atoms with Gasteiger partial charge in [0.25, 0.3) is 0 Å². The summed E-state index contributed by atoms with van der Waals surface area (Å²) < 4.78 is 38.7. The summed E-state index contributed by atoms with van der Waals surface area (Å²) in [5.41, 5.74) is 0. The summed E-state index contributed by atoms with van der Waals surface area (Å²) in [6.07, 6.45) is 2.35. The quantitative estimate of drug-likeness (QED) is 0.741. The first-order valence-electron chi connectivity index (χ1n) is 8.81. The van der Waals surface area contributed by atoms with Crippen LogP contribution < -0.4 is 14.2 Å². The van der Waals surface area contributed by atoms with Gasteiger partial charge in [-0.3, -0.25) is 4.79 Å². The SMILES string of the molecule is COc1ccc(S(=O)(=O)N[C@@H](CC(C)C)C(=O)N2CCCC2)c(OC)c1. The predicted octanol–water partition coefficient (Wildman–Crippen LogP) is 2.02. The number of nitrogens with zero attached hydrogens (tertiary/aromatic N) is 1. The Morgan fingerprint density at radius 1 is 1.19 bits per heavy atom. The first kappa shape index (κ1) is 20.5. The molecule has 8 heteroatoms. The van der Waals surface area contributed by atoms with E-state index in [1.54, 1.807) is 11.0 Å². The zero-order valence-electron chi connectivity index (χ0n) is 15.8. The zero-order chi connectivity index (χ0) is 19.3. The Morgan fingerprint density at radius 3 is 2.38 bits per heavy atom. The van der Waals surface area contributed by atoms with Crippen LogP contribution in [0, 0.1) is 5.92 Å². The van der Waals surface area contributed by atoms with Crippen LogP contribution in [0.3, 0.4) is 0 Å². The number of hydrogen-bond acceptors (Lipinski definition) is 5. The van der Waals surface area contributed by atoms with Crippen LogP contribution in [0.5, 0.6) is 11.5 Å². The van der Waals surface area contributed by atoms with E-state index < -0.39 is 16.1 Å². The molecule has 1 aromatic rings. The standard InChI is InChI=1S/C18H28N2O5S/c1-13(2)11-15(18(21)20-9-5-6-10-20)19-26(22,23)17-8-7-14(24-3)12-16(17)25-4/h7-8,12-13,15,19H,5-6,9-11H2,1-4H3/t15-/m0/s1. The van der Waals surface area contributed by atoms with Crippen LogP contribution in [0.4, 0.5) is 0 Å². The van der Waals surface area contributed by atoms with Crippen LogP contribution in [0.2, 0.25) is 0 Å². The number of likely N-dealkylation sites (tertiary alicyclic amines) is 1. The van der Waals surface area contributed by atoms with Gasteiger partial charge in [0.05, 0.1) is 14.2 Å². The molecule has 0 spiro atoms. The molecule has 1 aliphatic rings. The molecule has 1 fully saturated rings. The fraction of sp³-hybridized carbons (Fsp3) is 0.611. The molecule has 1 amide bonds. The van der Waals surface area contributed by atoms with Gasteiger partial charge in [-0.25, -0.2) is 8.42 Å².